The molecule has 0 aromatic heterocycles. The van der Waals surface area contributed by atoms with E-state index in [1.807, 2.05) is 0 Å². The summed E-state index contributed by atoms with van der Waals surface area (Å²) in [6, 6.07) is -0.527. The largest absolute Gasteiger partial charge is 0.385 e. The molecule has 152 valence electrons. The zero-order valence-electron chi connectivity index (χ0n) is 16.4. The molecule has 2 aliphatic rings. The van der Waals surface area contributed by atoms with Gasteiger partial charge in [-0.2, -0.15) is 0 Å². The summed E-state index contributed by atoms with van der Waals surface area (Å²) in [4.78, 5) is 51.4. The van der Waals surface area contributed by atoms with Crippen LogP contribution >= 0.6 is 0 Å². The number of imide groups is 1. The van der Waals surface area contributed by atoms with Crippen molar-refractivity contribution in [2.75, 3.05) is 40.4 Å². The van der Waals surface area contributed by atoms with Gasteiger partial charge < -0.3 is 20.3 Å². The van der Waals surface area contributed by atoms with Crippen LogP contribution in [0.4, 0.5) is 4.79 Å². The van der Waals surface area contributed by atoms with Crippen molar-refractivity contribution >= 4 is 23.8 Å². The molecule has 0 aromatic carbocycles. The van der Waals surface area contributed by atoms with Crippen LogP contribution in [-0.2, 0) is 19.1 Å². The average molecular weight is 382 g/mol. The van der Waals surface area contributed by atoms with Crippen molar-refractivity contribution in [2.45, 2.75) is 44.6 Å². The van der Waals surface area contributed by atoms with Crippen LogP contribution in [0.2, 0.25) is 0 Å². The minimum absolute atomic E-state index is 0.127. The fraction of sp³-hybridized carbons (Fsp3) is 0.778. The van der Waals surface area contributed by atoms with E-state index >= 15 is 0 Å². The lowest BCUT2D eigenvalue weighted by molar-refractivity contribution is -0.140. The fourth-order valence-corrected chi connectivity index (χ4v) is 3.47. The van der Waals surface area contributed by atoms with E-state index in [1.54, 1.807) is 7.11 Å². The van der Waals surface area contributed by atoms with Crippen LogP contribution in [0.3, 0.4) is 0 Å². The van der Waals surface area contributed by atoms with Gasteiger partial charge in [0.05, 0.1) is 6.54 Å². The van der Waals surface area contributed by atoms with Crippen LogP contribution in [0.25, 0.3) is 0 Å². The van der Waals surface area contributed by atoms with Gasteiger partial charge in [-0.05, 0) is 38.0 Å². The van der Waals surface area contributed by atoms with Gasteiger partial charge in [-0.15, -0.1) is 0 Å². The van der Waals surface area contributed by atoms with Gasteiger partial charge in [0, 0.05) is 27.3 Å². The minimum Gasteiger partial charge on any atom is -0.385 e. The van der Waals surface area contributed by atoms with Crippen LogP contribution in [0, 0.1) is 5.92 Å². The molecule has 0 radical (unpaired) electrons. The Morgan fingerprint density at radius 3 is 2.63 bits per heavy atom. The third-order valence-electron chi connectivity index (χ3n) is 5.32. The second-order valence-corrected chi connectivity index (χ2v) is 7.53. The first-order valence-electron chi connectivity index (χ1n) is 9.43. The lowest BCUT2D eigenvalue weighted by Crippen LogP contribution is -2.50. The lowest BCUT2D eigenvalue weighted by atomic mass is 9.77. The lowest BCUT2D eigenvalue weighted by Gasteiger charge is -2.33. The van der Waals surface area contributed by atoms with Crippen LogP contribution in [0.1, 0.15) is 39.0 Å². The maximum Gasteiger partial charge on any atom is 0.325 e. The van der Waals surface area contributed by atoms with Gasteiger partial charge in [0.25, 0.3) is 5.91 Å². The molecule has 1 aliphatic carbocycles. The van der Waals surface area contributed by atoms with Crippen LogP contribution in [0.5, 0.6) is 0 Å². The van der Waals surface area contributed by atoms with Crippen molar-refractivity contribution in [1.29, 1.82) is 0 Å². The standard InChI is InChI=1S/C18H30N4O5/c1-13-5-7-18(8-6-13)16(25)22(17(26)20-18)12-15(24)21(2)11-14(23)19-9-4-10-27-3/h13H,4-12H2,1-3H3,(H,19,23)(H,20,26). The van der Waals surface area contributed by atoms with E-state index in [2.05, 4.69) is 17.6 Å². The molecule has 2 rings (SSSR count). The molecule has 9 heteroatoms. The molecule has 1 saturated heterocycles. The molecular formula is C18H30N4O5. The number of likely N-dealkylation sites (N-methyl/N-ethyl adjacent to an activating group) is 1. The molecule has 5 amide bonds. The van der Waals surface area contributed by atoms with Gasteiger partial charge in [0.15, 0.2) is 0 Å². The van der Waals surface area contributed by atoms with Crippen LogP contribution in [0.15, 0.2) is 0 Å². The Morgan fingerprint density at radius 1 is 1.33 bits per heavy atom. The zero-order chi connectivity index (χ0) is 20.0. The second-order valence-electron chi connectivity index (χ2n) is 7.53. The number of amides is 5. The van der Waals surface area contributed by atoms with Gasteiger partial charge in [0.1, 0.15) is 12.1 Å². The maximum absolute atomic E-state index is 12.8. The van der Waals surface area contributed by atoms with Crippen LogP contribution in [-0.4, -0.2) is 79.5 Å². The highest BCUT2D eigenvalue weighted by Gasteiger charge is 2.52. The van der Waals surface area contributed by atoms with Crippen molar-refractivity contribution < 1.29 is 23.9 Å². The van der Waals surface area contributed by atoms with E-state index in [0.29, 0.717) is 38.3 Å². The Labute approximate surface area is 159 Å². The van der Waals surface area contributed by atoms with E-state index in [9.17, 15) is 19.2 Å². The third-order valence-corrected chi connectivity index (χ3v) is 5.32. The highest BCUT2D eigenvalue weighted by Crippen LogP contribution is 2.36. The number of methoxy groups -OCH3 is 1. The molecule has 1 heterocycles. The molecular weight excluding hydrogens is 352 g/mol. The highest BCUT2D eigenvalue weighted by molar-refractivity contribution is 6.09. The van der Waals surface area contributed by atoms with Crippen molar-refractivity contribution in [3.05, 3.63) is 0 Å². The smallest absolute Gasteiger partial charge is 0.325 e. The fourth-order valence-electron chi connectivity index (χ4n) is 3.47. The first-order chi connectivity index (χ1) is 12.8. The Kier molecular flexibility index (Phi) is 7.18. The van der Waals surface area contributed by atoms with Gasteiger partial charge in [-0.1, -0.05) is 6.92 Å². The molecule has 0 bridgehead atoms. The minimum atomic E-state index is -0.860. The molecule has 1 aliphatic heterocycles. The van der Waals surface area contributed by atoms with Gasteiger partial charge >= 0.3 is 6.03 Å². The van der Waals surface area contributed by atoms with Crippen molar-refractivity contribution in [3.63, 3.8) is 0 Å². The Bertz CT molecular complexity index is 586. The maximum atomic E-state index is 12.8. The summed E-state index contributed by atoms with van der Waals surface area (Å²) < 4.78 is 4.90. The molecule has 9 nitrogen and oxygen atoms in total. The topological polar surface area (TPSA) is 108 Å². The molecule has 1 spiro atoms. The first-order valence-corrected chi connectivity index (χ1v) is 9.43. The summed E-state index contributed by atoms with van der Waals surface area (Å²) in [7, 11) is 3.07. The number of carbonyl (C=O) groups is 4. The molecule has 27 heavy (non-hydrogen) atoms. The van der Waals surface area contributed by atoms with E-state index in [0.717, 1.165) is 17.7 Å². The van der Waals surface area contributed by atoms with Gasteiger partial charge in [-0.3, -0.25) is 19.3 Å². The Morgan fingerprint density at radius 2 is 2.00 bits per heavy atom. The molecule has 1 saturated carbocycles. The first kappa shape index (κ1) is 21.1. The van der Waals surface area contributed by atoms with Crippen molar-refractivity contribution in [1.82, 2.24) is 20.4 Å². The molecule has 0 atom stereocenters. The zero-order valence-corrected chi connectivity index (χ0v) is 16.4. The Balaban J connectivity index is 1.84. The normalized spacial score (nSPS) is 24.9. The van der Waals surface area contributed by atoms with Gasteiger partial charge in [-0.25, -0.2) is 4.79 Å². The summed E-state index contributed by atoms with van der Waals surface area (Å²) in [5, 5.41) is 5.48. The number of hydrogen-bond donors (Lipinski definition) is 2. The average Bonchev–Trinajstić information content (AvgIpc) is 2.85. The van der Waals surface area contributed by atoms with E-state index in [4.69, 9.17) is 4.74 Å². The second kappa shape index (κ2) is 9.16. The summed E-state index contributed by atoms with van der Waals surface area (Å²) in [5.41, 5.74) is -0.860. The summed E-state index contributed by atoms with van der Waals surface area (Å²) in [6.07, 6.45) is 3.63. The summed E-state index contributed by atoms with van der Waals surface area (Å²) in [6.45, 7) is 2.66. The number of urea groups is 1. The van der Waals surface area contributed by atoms with Crippen LogP contribution < -0.4 is 10.6 Å². The predicted octanol–water partition coefficient (Wildman–Crippen LogP) is 0.0982. The third kappa shape index (κ3) is 5.18. The van der Waals surface area contributed by atoms with Crippen molar-refractivity contribution in [2.24, 2.45) is 5.92 Å². The number of rotatable bonds is 8. The molecule has 0 unspecified atom stereocenters. The van der Waals surface area contributed by atoms with Gasteiger partial charge in [0.2, 0.25) is 11.8 Å². The predicted molar refractivity (Wildman–Crippen MR) is 97.7 cm³/mol. The highest BCUT2D eigenvalue weighted by atomic mass is 16.5. The SMILES string of the molecule is COCCCNC(=O)CN(C)C(=O)CN1C(=O)NC2(CCC(C)CC2)C1=O. The number of nitrogens with one attached hydrogen (secondary N) is 2. The monoisotopic (exact) mass is 382 g/mol. The Hall–Kier alpha value is -2.16. The van der Waals surface area contributed by atoms with Crippen molar-refractivity contribution in [3.8, 4) is 0 Å². The molecule has 0 aromatic rings. The molecule has 2 N–H and O–H groups in total. The van der Waals surface area contributed by atoms with E-state index < -0.39 is 17.5 Å². The number of ether oxygens (including phenoxy) is 1. The van der Waals surface area contributed by atoms with E-state index in [1.165, 1.54) is 11.9 Å². The number of carbonyl (C=O) groups excluding carboxylic acids is 4. The number of hydrogen-bond acceptors (Lipinski definition) is 5. The van der Waals surface area contributed by atoms with E-state index in [-0.39, 0.29) is 24.9 Å². The molecule has 2 fully saturated rings. The summed E-state index contributed by atoms with van der Waals surface area (Å²) in [5.74, 6) is -0.543. The number of nitrogens with zero attached hydrogens (tertiary/aromatic N) is 2. The quantitative estimate of drug-likeness (QED) is 0.457. The summed E-state index contributed by atoms with van der Waals surface area (Å²) >= 11 is 0.